The molecule has 1 unspecified atom stereocenters. The molecule has 0 saturated carbocycles. The predicted molar refractivity (Wildman–Crippen MR) is 135 cm³/mol. The molecule has 6 heteroatoms. The lowest BCUT2D eigenvalue weighted by Crippen LogP contribution is -2.29. The zero-order valence-electron chi connectivity index (χ0n) is 20.2. The summed E-state index contributed by atoms with van der Waals surface area (Å²) in [6.07, 6.45) is 0.817. The number of carbonyl (C=O) groups excluding carboxylic acids is 1. The Labute approximate surface area is 200 Å². The molecule has 4 aromatic rings. The van der Waals surface area contributed by atoms with Crippen LogP contribution in [0, 0.1) is 13.8 Å². The Morgan fingerprint density at radius 3 is 2.71 bits per heavy atom. The Balaban J connectivity index is 1.49. The number of hydrogen-bond acceptors (Lipinski definition) is 4. The van der Waals surface area contributed by atoms with Crippen LogP contribution < -0.4 is 14.8 Å². The van der Waals surface area contributed by atoms with E-state index < -0.39 is 0 Å². The molecule has 176 valence electrons. The van der Waals surface area contributed by atoms with Gasteiger partial charge in [-0.3, -0.25) is 4.79 Å². The predicted octanol–water partition coefficient (Wildman–Crippen LogP) is 5.62. The first-order valence-corrected chi connectivity index (χ1v) is 11.6. The number of rotatable bonds is 9. The molecular formula is C28H31N3O3. The van der Waals surface area contributed by atoms with Crippen molar-refractivity contribution >= 4 is 16.9 Å². The first-order valence-electron chi connectivity index (χ1n) is 11.6. The standard InChI is InChI=1S/C28H31N3O3/c1-19-13-14-20(2)26(17-19)34-16-8-15-31-25-12-6-5-11-24(25)30-27(31)21(3)29-28(32)22-9-7-10-23(18-22)33-4/h5-7,9-14,17-18,21H,8,15-16H2,1-4H3,(H,29,32). The summed E-state index contributed by atoms with van der Waals surface area (Å²) in [6, 6.07) is 21.2. The molecule has 0 spiro atoms. The maximum atomic E-state index is 12.9. The van der Waals surface area contributed by atoms with E-state index in [2.05, 4.69) is 48.0 Å². The lowest BCUT2D eigenvalue weighted by atomic mass is 10.1. The van der Waals surface area contributed by atoms with E-state index >= 15 is 0 Å². The van der Waals surface area contributed by atoms with E-state index in [1.165, 1.54) is 5.56 Å². The lowest BCUT2D eigenvalue weighted by Gasteiger charge is -2.17. The fourth-order valence-electron chi connectivity index (χ4n) is 4.04. The fourth-order valence-corrected chi connectivity index (χ4v) is 4.04. The number of aromatic nitrogens is 2. The molecule has 6 nitrogen and oxygen atoms in total. The molecule has 1 heterocycles. The topological polar surface area (TPSA) is 65.4 Å². The van der Waals surface area contributed by atoms with Crippen LogP contribution in [-0.4, -0.2) is 29.2 Å². The van der Waals surface area contributed by atoms with Crippen molar-refractivity contribution in [2.24, 2.45) is 0 Å². The van der Waals surface area contributed by atoms with E-state index in [1.807, 2.05) is 37.3 Å². The van der Waals surface area contributed by atoms with Crippen LogP contribution >= 0.6 is 0 Å². The maximum absolute atomic E-state index is 12.9. The summed E-state index contributed by atoms with van der Waals surface area (Å²) >= 11 is 0. The van der Waals surface area contributed by atoms with E-state index in [4.69, 9.17) is 14.5 Å². The molecule has 1 N–H and O–H groups in total. The highest BCUT2D eigenvalue weighted by Crippen LogP contribution is 2.23. The van der Waals surface area contributed by atoms with Crippen molar-refractivity contribution in [3.05, 3.63) is 89.2 Å². The monoisotopic (exact) mass is 457 g/mol. The van der Waals surface area contributed by atoms with Crippen LogP contribution in [0.1, 0.15) is 46.7 Å². The molecule has 1 aromatic heterocycles. The quantitative estimate of drug-likeness (QED) is 0.331. The van der Waals surface area contributed by atoms with E-state index in [0.29, 0.717) is 17.9 Å². The van der Waals surface area contributed by atoms with Gasteiger partial charge in [0.2, 0.25) is 0 Å². The van der Waals surface area contributed by atoms with Gasteiger partial charge in [-0.05, 0) is 74.7 Å². The minimum atomic E-state index is -0.272. The number of benzene rings is 3. The summed E-state index contributed by atoms with van der Waals surface area (Å²) in [6.45, 7) is 7.42. The highest BCUT2D eigenvalue weighted by Gasteiger charge is 2.19. The van der Waals surface area contributed by atoms with Gasteiger partial charge in [0.1, 0.15) is 17.3 Å². The molecule has 1 atom stereocenters. The van der Waals surface area contributed by atoms with Crippen LogP contribution in [0.15, 0.2) is 66.7 Å². The molecule has 0 fully saturated rings. The second kappa shape index (κ2) is 10.4. The summed E-state index contributed by atoms with van der Waals surface area (Å²) < 4.78 is 13.5. The van der Waals surface area contributed by atoms with Gasteiger partial charge in [-0.2, -0.15) is 0 Å². The molecular weight excluding hydrogens is 426 g/mol. The smallest absolute Gasteiger partial charge is 0.251 e. The highest BCUT2D eigenvalue weighted by molar-refractivity contribution is 5.94. The third kappa shape index (κ3) is 5.22. The number of aryl methyl sites for hydroxylation is 3. The minimum Gasteiger partial charge on any atom is -0.497 e. The van der Waals surface area contributed by atoms with Crippen molar-refractivity contribution in [3.8, 4) is 11.5 Å². The van der Waals surface area contributed by atoms with Crippen LogP contribution in [0.4, 0.5) is 0 Å². The molecule has 0 aliphatic rings. The number of hydrogen-bond donors (Lipinski definition) is 1. The second-order valence-corrected chi connectivity index (χ2v) is 8.51. The van der Waals surface area contributed by atoms with Crippen molar-refractivity contribution in [3.63, 3.8) is 0 Å². The van der Waals surface area contributed by atoms with Gasteiger partial charge in [-0.25, -0.2) is 4.98 Å². The second-order valence-electron chi connectivity index (χ2n) is 8.51. The SMILES string of the molecule is COc1cccc(C(=O)NC(C)c2nc3ccccc3n2CCCOc2cc(C)ccc2C)c1. The summed E-state index contributed by atoms with van der Waals surface area (Å²) in [4.78, 5) is 17.7. The van der Waals surface area contributed by atoms with Gasteiger partial charge in [-0.1, -0.05) is 30.3 Å². The third-order valence-corrected chi connectivity index (χ3v) is 5.88. The van der Waals surface area contributed by atoms with Crippen LogP contribution in [0.25, 0.3) is 11.0 Å². The number of carbonyl (C=O) groups is 1. The molecule has 4 rings (SSSR count). The Morgan fingerprint density at radius 2 is 1.88 bits per heavy atom. The number of ether oxygens (including phenoxy) is 2. The normalized spacial score (nSPS) is 11.9. The number of fused-ring (bicyclic) bond motifs is 1. The highest BCUT2D eigenvalue weighted by atomic mass is 16.5. The Kier molecular flexibility index (Phi) is 7.16. The summed E-state index contributed by atoms with van der Waals surface area (Å²) in [5.41, 5.74) is 4.83. The number of para-hydroxylation sites is 2. The molecule has 0 aliphatic carbocycles. The zero-order chi connectivity index (χ0) is 24.1. The molecule has 1 amide bonds. The minimum absolute atomic E-state index is 0.164. The Bertz CT molecular complexity index is 1300. The zero-order valence-corrected chi connectivity index (χ0v) is 20.2. The summed E-state index contributed by atoms with van der Waals surface area (Å²) in [5.74, 6) is 2.23. The number of amides is 1. The number of nitrogens with zero attached hydrogens (tertiary/aromatic N) is 2. The molecule has 3 aromatic carbocycles. The maximum Gasteiger partial charge on any atom is 0.251 e. The molecule has 34 heavy (non-hydrogen) atoms. The largest absolute Gasteiger partial charge is 0.497 e. The third-order valence-electron chi connectivity index (χ3n) is 5.88. The van der Waals surface area contributed by atoms with Crippen molar-refractivity contribution in [1.29, 1.82) is 0 Å². The van der Waals surface area contributed by atoms with E-state index in [0.717, 1.165) is 41.1 Å². The first kappa shape index (κ1) is 23.4. The molecule has 0 radical (unpaired) electrons. The van der Waals surface area contributed by atoms with Crippen molar-refractivity contribution in [2.45, 2.75) is 39.8 Å². The summed E-state index contributed by atoms with van der Waals surface area (Å²) in [5, 5.41) is 3.09. The van der Waals surface area contributed by atoms with Gasteiger partial charge in [0, 0.05) is 12.1 Å². The van der Waals surface area contributed by atoms with Crippen LogP contribution in [-0.2, 0) is 6.54 Å². The average molecular weight is 458 g/mol. The van der Waals surface area contributed by atoms with Crippen LogP contribution in [0.5, 0.6) is 11.5 Å². The number of imidazole rings is 1. The van der Waals surface area contributed by atoms with Crippen molar-refractivity contribution in [2.75, 3.05) is 13.7 Å². The fraction of sp³-hybridized carbons (Fsp3) is 0.286. The van der Waals surface area contributed by atoms with Crippen molar-refractivity contribution in [1.82, 2.24) is 14.9 Å². The van der Waals surface area contributed by atoms with Gasteiger partial charge in [0.15, 0.2) is 0 Å². The van der Waals surface area contributed by atoms with Gasteiger partial charge in [-0.15, -0.1) is 0 Å². The number of methoxy groups -OCH3 is 1. The first-order chi connectivity index (χ1) is 16.5. The van der Waals surface area contributed by atoms with Gasteiger partial charge < -0.3 is 19.4 Å². The van der Waals surface area contributed by atoms with Gasteiger partial charge in [0.25, 0.3) is 5.91 Å². The Morgan fingerprint density at radius 1 is 1.06 bits per heavy atom. The molecule has 0 saturated heterocycles. The van der Waals surface area contributed by atoms with Crippen LogP contribution in [0.2, 0.25) is 0 Å². The average Bonchev–Trinajstić information content (AvgIpc) is 3.22. The number of nitrogens with one attached hydrogen (secondary N) is 1. The van der Waals surface area contributed by atoms with E-state index in [1.54, 1.807) is 19.2 Å². The Hall–Kier alpha value is -3.80. The van der Waals surface area contributed by atoms with Crippen molar-refractivity contribution < 1.29 is 14.3 Å². The lowest BCUT2D eigenvalue weighted by molar-refractivity contribution is 0.0937. The van der Waals surface area contributed by atoms with Crippen LogP contribution in [0.3, 0.4) is 0 Å². The van der Waals surface area contributed by atoms with E-state index in [9.17, 15) is 4.79 Å². The molecule has 0 aliphatic heterocycles. The van der Waals surface area contributed by atoms with Gasteiger partial charge in [0.05, 0.1) is 30.8 Å². The summed E-state index contributed by atoms with van der Waals surface area (Å²) in [7, 11) is 1.59. The van der Waals surface area contributed by atoms with Gasteiger partial charge >= 0.3 is 0 Å². The van der Waals surface area contributed by atoms with E-state index in [-0.39, 0.29) is 11.9 Å². The molecule has 0 bridgehead atoms.